The van der Waals surface area contributed by atoms with Crippen LogP contribution in [0.4, 0.5) is 0 Å². The zero-order valence-corrected chi connectivity index (χ0v) is 17.7. The maximum absolute atomic E-state index is 12.5. The van der Waals surface area contributed by atoms with Gasteiger partial charge in [0.1, 0.15) is 12.1 Å². The maximum Gasteiger partial charge on any atom is 0.326 e. The van der Waals surface area contributed by atoms with Gasteiger partial charge in [-0.3, -0.25) is 9.59 Å². The SMILES string of the molecule is COc1cccc(OCC(=O)N2CCCC2C(=O)O)c1OCC(=O)N1CCC[C@@H]1C(=O)O. The summed E-state index contributed by atoms with van der Waals surface area (Å²) in [5, 5.41) is 18.5. The fourth-order valence-electron chi connectivity index (χ4n) is 4.00. The standard InChI is InChI=1S/C21H26N2O9/c1-30-15-7-2-8-16(31-11-17(24)22-9-3-5-13(22)20(26)27)19(15)32-12-18(25)23-10-4-6-14(23)21(28)29/h2,7-8,13-14H,3-6,9-12H2,1H3,(H,26,27)(H,28,29)/t13?,14-/m1/s1. The number of carbonyl (C=O) groups excluding carboxylic acids is 2. The number of carboxylic acid groups (broad SMARTS) is 2. The van der Waals surface area contributed by atoms with Crippen LogP contribution in [0, 0.1) is 0 Å². The van der Waals surface area contributed by atoms with E-state index in [1.807, 2.05) is 0 Å². The molecule has 0 radical (unpaired) electrons. The molecule has 2 aliphatic heterocycles. The predicted molar refractivity (Wildman–Crippen MR) is 109 cm³/mol. The molecular formula is C21H26N2O9. The van der Waals surface area contributed by atoms with Crippen molar-refractivity contribution in [1.82, 2.24) is 9.80 Å². The molecule has 11 nitrogen and oxygen atoms in total. The minimum atomic E-state index is -1.06. The van der Waals surface area contributed by atoms with Gasteiger partial charge in [0.15, 0.2) is 24.7 Å². The molecule has 0 aliphatic carbocycles. The molecule has 1 aromatic rings. The Morgan fingerprint density at radius 2 is 1.38 bits per heavy atom. The number of methoxy groups -OCH3 is 1. The van der Waals surface area contributed by atoms with Gasteiger partial charge in [-0.2, -0.15) is 0 Å². The van der Waals surface area contributed by atoms with Crippen molar-refractivity contribution in [1.29, 1.82) is 0 Å². The highest BCUT2D eigenvalue weighted by atomic mass is 16.5. The molecule has 2 fully saturated rings. The van der Waals surface area contributed by atoms with E-state index in [4.69, 9.17) is 14.2 Å². The van der Waals surface area contributed by atoms with E-state index in [2.05, 4.69) is 0 Å². The first-order valence-corrected chi connectivity index (χ1v) is 10.3. The molecule has 1 aromatic carbocycles. The number of hydrogen-bond donors (Lipinski definition) is 2. The van der Waals surface area contributed by atoms with Crippen LogP contribution in [-0.2, 0) is 19.2 Å². The molecule has 2 amide bonds. The summed E-state index contributed by atoms with van der Waals surface area (Å²) in [6.45, 7) is -0.157. The van der Waals surface area contributed by atoms with Gasteiger partial charge in [0.05, 0.1) is 7.11 Å². The van der Waals surface area contributed by atoms with Gasteiger partial charge in [-0.05, 0) is 37.8 Å². The van der Waals surface area contributed by atoms with Crippen LogP contribution in [0.25, 0.3) is 0 Å². The second-order valence-corrected chi connectivity index (χ2v) is 7.53. The molecule has 1 unspecified atom stereocenters. The number of ether oxygens (including phenoxy) is 3. The largest absolute Gasteiger partial charge is 0.493 e. The Morgan fingerprint density at radius 3 is 1.88 bits per heavy atom. The second kappa shape index (κ2) is 10.2. The number of rotatable bonds is 9. The molecule has 0 saturated carbocycles. The number of amides is 2. The van der Waals surface area contributed by atoms with Gasteiger partial charge < -0.3 is 34.2 Å². The molecule has 2 N–H and O–H groups in total. The van der Waals surface area contributed by atoms with Gasteiger partial charge in [0, 0.05) is 13.1 Å². The van der Waals surface area contributed by atoms with Gasteiger partial charge in [-0.15, -0.1) is 0 Å². The van der Waals surface area contributed by atoms with E-state index < -0.39 is 49.1 Å². The lowest BCUT2D eigenvalue weighted by Crippen LogP contribution is -2.43. The van der Waals surface area contributed by atoms with Gasteiger partial charge >= 0.3 is 11.9 Å². The summed E-state index contributed by atoms with van der Waals surface area (Å²) in [5.41, 5.74) is 0. The number of aliphatic carboxylic acids is 2. The van der Waals surface area contributed by atoms with Gasteiger partial charge in [-0.25, -0.2) is 9.59 Å². The maximum atomic E-state index is 12.5. The van der Waals surface area contributed by atoms with Crippen LogP contribution in [0.15, 0.2) is 18.2 Å². The van der Waals surface area contributed by atoms with Gasteiger partial charge in [0.2, 0.25) is 5.75 Å². The van der Waals surface area contributed by atoms with Crippen LogP contribution < -0.4 is 14.2 Å². The third kappa shape index (κ3) is 5.04. The third-order valence-electron chi connectivity index (χ3n) is 5.57. The van der Waals surface area contributed by atoms with E-state index in [-0.39, 0.29) is 17.2 Å². The molecule has 174 valence electrons. The molecule has 3 rings (SSSR count). The van der Waals surface area contributed by atoms with E-state index >= 15 is 0 Å². The predicted octanol–water partition coefficient (Wildman–Crippen LogP) is 0.604. The fourth-order valence-corrected chi connectivity index (χ4v) is 4.00. The lowest BCUT2D eigenvalue weighted by atomic mass is 10.2. The number of carbonyl (C=O) groups is 4. The summed E-state index contributed by atoms with van der Waals surface area (Å²) >= 11 is 0. The molecule has 0 aromatic heterocycles. The van der Waals surface area contributed by atoms with Crippen molar-refractivity contribution in [2.75, 3.05) is 33.4 Å². The lowest BCUT2D eigenvalue weighted by molar-refractivity contribution is -0.149. The van der Waals surface area contributed by atoms with Crippen molar-refractivity contribution in [2.24, 2.45) is 0 Å². The van der Waals surface area contributed by atoms with Gasteiger partial charge in [-0.1, -0.05) is 6.07 Å². The Bertz CT molecular complexity index is 888. The number of likely N-dealkylation sites (tertiary alicyclic amines) is 2. The number of hydrogen-bond acceptors (Lipinski definition) is 7. The summed E-state index contributed by atoms with van der Waals surface area (Å²) in [4.78, 5) is 50.2. The van der Waals surface area contributed by atoms with Crippen molar-refractivity contribution < 1.29 is 43.6 Å². The topological polar surface area (TPSA) is 143 Å². The normalized spacial score (nSPS) is 20.2. The van der Waals surface area contributed by atoms with Gasteiger partial charge in [0.25, 0.3) is 11.8 Å². The first-order valence-electron chi connectivity index (χ1n) is 10.3. The first-order chi connectivity index (χ1) is 15.3. The Kier molecular flexibility index (Phi) is 7.39. The second-order valence-electron chi connectivity index (χ2n) is 7.53. The molecule has 2 heterocycles. The molecule has 2 saturated heterocycles. The van der Waals surface area contributed by atoms with Crippen LogP contribution in [-0.4, -0.2) is 89.3 Å². The first kappa shape index (κ1) is 23.2. The highest BCUT2D eigenvalue weighted by molar-refractivity contribution is 5.86. The van der Waals surface area contributed by atoms with Crippen molar-refractivity contribution >= 4 is 23.8 Å². The van der Waals surface area contributed by atoms with Crippen molar-refractivity contribution in [2.45, 2.75) is 37.8 Å². The number of para-hydroxylation sites is 1. The van der Waals surface area contributed by atoms with E-state index in [1.54, 1.807) is 12.1 Å². The smallest absolute Gasteiger partial charge is 0.326 e. The highest BCUT2D eigenvalue weighted by Gasteiger charge is 2.35. The monoisotopic (exact) mass is 450 g/mol. The molecule has 2 aliphatic rings. The lowest BCUT2D eigenvalue weighted by Gasteiger charge is -2.23. The van der Waals surface area contributed by atoms with Crippen molar-refractivity contribution in [3.05, 3.63) is 18.2 Å². The van der Waals surface area contributed by atoms with Crippen molar-refractivity contribution in [3.8, 4) is 17.2 Å². The molecule has 2 atom stereocenters. The van der Waals surface area contributed by atoms with E-state index in [0.717, 1.165) is 0 Å². The third-order valence-corrected chi connectivity index (χ3v) is 5.57. The summed E-state index contributed by atoms with van der Waals surface area (Å²) in [7, 11) is 1.40. The summed E-state index contributed by atoms with van der Waals surface area (Å²) in [6.07, 6.45) is 1.98. The van der Waals surface area contributed by atoms with E-state index in [0.29, 0.717) is 38.8 Å². The Balaban J connectivity index is 1.66. The van der Waals surface area contributed by atoms with Crippen LogP contribution in [0.1, 0.15) is 25.7 Å². The highest BCUT2D eigenvalue weighted by Crippen LogP contribution is 2.37. The molecule has 0 spiro atoms. The molecule has 32 heavy (non-hydrogen) atoms. The van der Waals surface area contributed by atoms with Crippen molar-refractivity contribution in [3.63, 3.8) is 0 Å². The van der Waals surface area contributed by atoms with Crippen LogP contribution in [0.2, 0.25) is 0 Å². The summed E-state index contributed by atoms with van der Waals surface area (Å²) < 4.78 is 16.5. The Labute approximate surface area is 184 Å². The van der Waals surface area contributed by atoms with E-state index in [1.165, 1.54) is 23.0 Å². The summed E-state index contributed by atoms with van der Waals surface area (Å²) in [5.74, 6) is -2.56. The van der Waals surface area contributed by atoms with E-state index in [9.17, 15) is 29.4 Å². The average molecular weight is 450 g/mol. The molecule has 0 bridgehead atoms. The quantitative estimate of drug-likeness (QED) is 0.553. The van der Waals surface area contributed by atoms with Crippen LogP contribution in [0.5, 0.6) is 17.2 Å². The van der Waals surface area contributed by atoms with Crippen LogP contribution >= 0.6 is 0 Å². The molecular weight excluding hydrogens is 424 g/mol. The number of nitrogens with zero attached hydrogens (tertiary/aromatic N) is 2. The Hall–Kier alpha value is -3.50. The average Bonchev–Trinajstić information content (AvgIpc) is 3.45. The zero-order chi connectivity index (χ0) is 23.3. The summed E-state index contributed by atoms with van der Waals surface area (Å²) in [6, 6.07) is 2.99. The number of carboxylic acids is 2. The minimum absolute atomic E-state index is 0.0958. The minimum Gasteiger partial charge on any atom is -0.493 e. The van der Waals surface area contributed by atoms with Crippen LogP contribution in [0.3, 0.4) is 0 Å². The molecule has 11 heteroatoms. The fraction of sp³-hybridized carbons (Fsp3) is 0.524. The Morgan fingerprint density at radius 1 is 0.875 bits per heavy atom. The number of benzene rings is 1. The zero-order valence-electron chi connectivity index (χ0n) is 17.7.